The van der Waals surface area contributed by atoms with Gasteiger partial charge in [-0.2, -0.15) is 0 Å². The number of nitrogens with one attached hydrogen (secondary N) is 1. The van der Waals surface area contributed by atoms with Gasteiger partial charge in [-0.25, -0.2) is 9.97 Å². The van der Waals surface area contributed by atoms with Gasteiger partial charge in [0.1, 0.15) is 0 Å². The monoisotopic (exact) mass is 257 g/mol. The molecule has 0 saturated heterocycles. The van der Waals surface area contributed by atoms with Crippen LogP contribution in [0.5, 0.6) is 0 Å². The Balaban J connectivity index is 2.67. The van der Waals surface area contributed by atoms with Crippen molar-refractivity contribution in [3.8, 4) is 0 Å². The summed E-state index contributed by atoms with van der Waals surface area (Å²) in [4.78, 5) is 10.2. The first-order valence-electron chi connectivity index (χ1n) is 5.18. The third-order valence-electron chi connectivity index (χ3n) is 2.11. The topological polar surface area (TPSA) is 88.1 Å². The zero-order valence-electron chi connectivity index (χ0n) is 9.69. The SMILES string of the molecule is COCCN(CCC(=N)N)c1ncc(Cl)cn1. The summed E-state index contributed by atoms with van der Waals surface area (Å²) in [6, 6.07) is 0. The van der Waals surface area contributed by atoms with E-state index in [-0.39, 0.29) is 5.84 Å². The molecule has 0 atom stereocenters. The number of halogens is 1. The lowest BCUT2D eigenvalue weighted by molar-refractivity contribution is 0.205. The van der Waals surface area contributed by atoms with Crippen molar-refractivity contribution >= 4 is 23.4 Å². The highest BCUT2D eigenvalue weighted by Gasteiger charge is 2.09. The molecule has 0 spiro atoms. The van der Waals surface area contributed by atoms with E-state index >= 15 is 0 Å². The Morgan fingerprint density at radius 2 is 2.12 bits per heavy atom. The standard InChI is InChI=1S/C10H16ClN5O/c1-17-5-4-16(3-2-9(12)13)10-14-6-8(11)7-15-10/h6-7H,2-5H2,1H3,(H3,12,13). The molecule has 0 aromatic carbocycles. The van der Waals surface area contributed by atoms with E-state index in [1.165, 1.54) is 12.4 Å². The lowest BCUT2D eigenvalue weighted by atomic mass is 10.3. The van der Waals surface area contributed by atoms with Crippen LogP contribution >= 0.6 is 11.6 Å². The van der Waals surface area contributed by atoms with E-state index in [4.69, 9.17) is 27.5 Å². The van der Waals surface area contributed by atoms with Crippen molar-refractivity contribution in [3.05, 3.63) is 17.4 Å². The van der Waals surface area contributed by atoms with E-state index in [2.05, 4.69) is 9.97 Å². The molecule has 94 valence electrons. The molecule has 0 radical (unpaired) electrons. The van der Waals surface area contributed by atoms with Gasteiger partial charge in [0.05, 0.1) is 29.9 Å². The summed E-state index contributed by atoms with van der Waals surface area (Å²) in [7, 11) is 1.63. The number of amidine groups is 1. The van der Waals surface area contributed by atoms with Crippen molar-refractivity contribution in [1.29, 1.82) is 5.41 Å². The minimum atomic E-state index is 0.140. The minimum Gasteiger partial charge on any atom is -0.388 e. The van der Waals surface area contributed by atoms with Gasteiger partial charge in [0, 0.05) is 26.6 Å². The van der Waals surface area contributed by atoms with Crippen molar-refractivity contribution in [2.24, 2.45) is 5.73 Å². The molecule has 0 aliphatic rings. The quantitative estimate of drug-likeness (QED) is 0.560. The van der Waals surface area contributed by atoms with Crippen LogP contribution in [0.1, 0.15) is 6.42 Å². The maximum absolute atomic E-state index is 7.22. The summed E-state index contributed by atoms with van der Waals surface area (Å²) in [5.74, 6) is 0.703. The second-order valence-corrected chi connectivity index (χ2v) is 3.89. The van der Waals surface area contributed by atoms with Crippen LogP contribution in [-0.4, -0.2) is 42.6 Å². The van der Waals surface area contributed by atoms with Crippen molar-refractivity contribution in [2.75, 3.05) is 31.7 Å². The number of hydrogen-bond acceptors (Lipinski definition) is 5. The van der Waals surface area contributed by atoms with E-state index in [9.17, 15) is 0 Å². The highest BCUT2D eigenvalue weighted by Crippen LogP contribution is 2.10. The van der Waals surface area contributed by atoms with Gasteiger partial charge in [-0.05, 0) is 0 Å². The lowest BCUT2D eigenvalue weighted by Gasteiger charge is -2.21. The average Bonchev–Trinajstić information content (AvgIpc) is 2.30. The zero-order chi connectivity index (χ0) is 12.7. The first kappa shape index (κ1) is 13.7. The Hall–Kier alpha value is -1.40. The fraction of sp³-hybridized carbons (Fsp3) is 0.500. The Kier molecular flexibility index (Phi) is 5.65. The summed E-state index contributed by atoms with van der Waals surface area (Å²) in [6.07, 6.45) is 3.55. The maximum atomic E-state index is 7.22. The van der Waals surface area contributed by atoms with Crippen LogP contribution in [0.4, 0.5) is 5.95 Å². The van der Waals surface area contributed by atoms with E-state index in [0.717, 1.165) is 0 Å². The first-order valence-corrected chi connectivity index (χ1v) is 5.55. The van der Waals surface area contributed by atoms with Gasteiger partial charge in [0.2, 0.25) is 5.95 Å². The third kappa shape index (κ3) is 4.97. The van der Waals surface area contributed by atoms with Gasteiger partial charge >= 0.3 is 0 Å². The molecule has 1 aromatic heterocycles. The van der Waals surface area contributed by atoms with Gasteiger partial charge in [0.15, 0.2) is 0 Å². The van der Waals surface area contributed by atoms with Crippen LogP contribution in [0, 0.1) is 5.41 Å². The molecule has 1 rings (SSSR count). The number of nitrogens with zero attached hydrogens (tertiary/aromatic N) is 3. The highest BCUT2D eigenvalue weighted by molar-refractivity contribution is 6.30. The van der Waals surface area contributed by atoms with Crippen molar-refractivity contribution in [2.45, 2.75) is 6.42 Å². The largest absolute Gasteiger partial charge is 0.388 e. The average molecular weight is 258 g/mol. The number of ether oxygens (including phenoxy) is 1. The molecule has 0 bridgehead atoms. The maximum Gasteiger partial charge on any atom is 0.225 e. The van der Waals surface area contributed by atoms with Gasteiger partial charge in [-0.1, -0.05) is 11.6 Å². The van der Waals surface area contributed by atoms with Crippen LogP contribution in [0.2, 0.25) is 5.02 Å². The van der Waals surface area contributed by atoms with Gasteiger partial charge < -0.3 is 15.4 Å². The molecule has 0 aliphatic heterocycles. The normalized spacial score (nSPS) is 10.2. The molecule has 7 heteroatoms. The lowest BCUT2D eigenvalue weighted by Crippen LogP contribution is -2.32. The predicted molar refractivity (Wildman–Crippen MR) is 67.7 cm³/mol. The molecular formula is C10H16ClN5O. The molecule has 0 unspecified atom stereocenters. The van der Waals surface area contributed by atoms with Gasteiger partial charge in [0.25, 0.3) is 0 Å². The van der Waals surface area contributed by atoms with E-state index < -0.39 is 0 Å². The number of nitrogens with two attached hydrogens (primary N) is 1. The highest BCUT2D eigenvalue weighted by atomic mass is 35.5. The second kappa shape index (κ2) is 7.03. The van der Waals surface area contributed by atoms with E-state index in [0.29, 0.717) is 37.1 Å². The van der Waals surface area contributed by atoms with Gasteiger partial charge in [-0.15, -0.1) is 0 Å². The molecule has 0 aliphatic carbocycles. The van der Waals surface area contributed by atoms with Crippen LogP contribution in [-0.2, 0) is 4.74 Å². The molecule has 3 N–H and O–H groups in total. The van der Waals surface area contributed by atoms with Gasteiger partial charge in [-0.3, -0.25) is 5.41 Å². The molecule has 0 fully saturated rings. The molecular weight excluding hydrogens is 242 g/mol. The van der Waals surface area contributed by atoms with Crippen LogP contribution in [0.3, 0.4) is 0 Å². The molecule has 6 nitrogen and oxygen atoms in total. The van der Waals surface area contributed by atoms with E-state index in [1.54, 1.807) is 7.11 Å². The first-order chi connectivity index (χ1) is 8.13. The number of methoxy groups -OCH3 is 1. The van der Waals surface area contributed by atoms with E-state index in [1.807, 2.05) is 4.90 Å². The predicted octanol–water partition coefficient (Wildman–Crippen LogP) is 0.909. The Labute approximate surface area is 105 Å². The summed E-state index contributed by atoms with van der Waals surface area (Å²) in [5.41, 5.74) is 5.34. The molecule has 1 heterocycles. The summed E-state index contributed by atoms with van der Waals surface area (Å²) in [5, 5.41) is 7.71. The zero-order valence-corrected chi connectivity index (χ0v) is 10.4. The summed E-state index contributed by atoms with van der Waals surface area (Å²) < 4.78 is 5.02. The molecule has 0 amide bonds. The number of anilines is 1. The Bertz CT molecular complexity index is 356. The fourth-order valence-corrected chi connectivity index (χ4v) is 1.34. The van der Waals surface area contributed by atoms with Crippen molar-refractivity contribution < 1.29 is 4.74 Å². The number of rotatable bonds is 7. The van der Waals surface area contributed by atoms with Crippen molar-refractivity contribution in [1.82, 2.24) is 9.97 Å². The van der Waals surface area contributed by atoms with Crippen LogP contribution in [0.25, 0.3) is 0 Å². The molecule has 17 heavy (non-hydrogen) atoms. The smallest absolute Gasteiger partial charge is 0.225 e. The van der Waals surface area contributed by atoms with Crippen LogP contribution in [0.15, 0.2) is 12.4 Å². The molecule has 0 saturated carbocycles. The fourth-order valence-electron chi connectivity index (χ4n) is 1.24. The number of aromatic nitrogens is 2. The second-order valence-electron chi connectivity index (χ2n) is 3.46. The minimum absolute atomic E-state index is 0.140. The summed E-state index contributed by atoms with van der Waals surface area (Å²) in [6.45, 7) is 1.79. The Morgan fingerprint density at radius 1 is 1.47 bits per heavy atom. The molecule has 1 aromatic rings. The number of hydrogen-bond donors (Lipinski definition) is 2. The Morgan fingerprint density at radius 3 is 2.65 bits per heavy atom. The van der Waals surface area contributed by atoms with Crippen LogP contribution < -0.4 is 10.6 Å². The third-order valence-corrected chi connectivity index (χ3v) is 2.30. The van der Waals surface area contributed by atoms with Crippen molar-refractivity contribution in [3.63, 3.8) is 0 Å². The summed E-state index contributed by atoms with van der Waals surface area (Å²) >= 11 is 5.73.